The number of anilines is 1. The number of benzene rings is 2. The van der Waals surface area contributed by atoms with E-state index < -0.39 is 11.2 Å². The number of para-hydroxylation sites is 1. The van der Waals surface area contributed by atoms with Crippen LogP contribution in [0, 0.1) is 20.8 Å². The molecule has 4 rings (SSSR count). The second kappa shape index (κ2) is 8.76. The van der Waals surface area contributed by atoms with Gasteiger partial charge in [0.1, 0.15) is 11.2 Å². The molecule has 1 amide bonds. The fourth-order valence-electron chi connectivity index (χ4n) is 3.66. The van der Waals surface area contributed by atoms with Crippen LogP contribution in [0.5, 0.6) is 0 Å². The second-order valence-electron chi connectivity index (χ2n) is 7.56. The van der Waals surface area contributed by atoms with E-state index in [1.54, 1.807) is 12.1 Å². The maximum Gasteiger partial charge on any atom is 0.337 e. The first-order valence-corrected chi connectivity index (χ1v) is 12.0. The summed E-state index contributed by atoms with van der Waals surface area (Å²) in [6.07, 6.45) is 1.85. The normalized spacial score (nSPS) is 11.1. The molecule has 0 bridgehead atoms. The lowest BCUT2D eigenvalue weighted by molar-refractivity contribution is -0.116. The van der Waals surface area contributed by atoms with Gasteiger partial charge < -0.3 is 5.32 Å². The number of nitrogens with zero attached hydrogens (tertiary/aromatic N) is 3. The van der Waals surface area contributed by atoms with Gasteiger partial charge in [-0.2, -0.15) is 0 Å². The molecular weight excluding hydrogens is 444 g/mol. The molecule has 0 radical (unpaired) electrons. The third-order valence-corrected chi connectivity index (χ3v) is 7.02. The molecule has 1 N–H and O–H groups in total. The molecule has 32 heavy (non-hydrogen) atoms. The highest BCUT2D eigenvalue weighted by molar-refractivity contribution is 8.00. The first-order chi connectivity index (χ1) is 15.3. The summed E-state index contributed by atoms with van der Waals surface area (Å²) in [5.74, 6) is -0.368. The molecular formula is C23H22N4O3S2. The predicted molar refractivity (Wildman–Crippen MR) is 131 cm³/mol. The summed E-state index contributed by atoms with van der Waals surface area (Å²) < 4.78 is 3.40. The Balaban J connectivity index is 1.85. The van der Waals surface area contributed by atoms with E-state index >= 15 is 0 Å². The summed E-state index contributed by atoms with van der Waals surface area (Å²) in [7, 11) is 0. The summed E-state index contributed by atoms with van der Waals surface area (Å²) in [6.45, 7) is 5.48. The van der Waals surface area contributed by atoms with Gasteiger partial charge in [0.2, 0.25) is 5.91 Å². The van der Waals surface area contributed by atoms with Gasteiger partial charge in [0.05, 0.1) is 5.69 Å². The molecule has 0 aliphatic heterocycles. The van der Waals surface area contributed by atoms with Crippen molar-refractivity contribution in [2.45, 2.75) is 31.7 Å². The summed E-state index contributed by atoms with van der Waals surface area (Å²) >= 11 is 2.61. The van der Waals surface area contributed by atoms with E-state index in [1.807, 2.05) is 57.4 Å². The molecule has 0 fully saturated rings. The number of amides is 1. The molecule has 0 aliphatic rings. The van der Waals surface area contributed by atoms with Gasteiger partial charge >= 0.3 is 5.69 Å². The lowest BCUT2D eigenvalue weighted by Crippen LogP contribution is -2.40. The molecule has 2 aromatic carbocycles. The molecule has 0 saturated carbocycles. The van der Waals surface area contributed by atoms with Crippen LogP contribution in [-0.2, 0) is 11.3 Å². The third-order valence-electron chi connectivity index (χ3n) is 5.00. The van der Waals surface area contributed by atoms with Crippen molar-refractivity contribution in [1.82, 2.24) is 14.1 Å². The number of thioether (sulfide) groups is 1. The van der Waals surface area contributed by atoms with Crippen LogP contribution in [0.15, 0.2) is 56.4 Å². The van der Waals surface area contributed by atoms with Crippen molar-refractivity contribution in [3.63, 3.8) is 0 Å². The van der Waals surface area contributed by atoms with E-state index in [0.717, 1.165) is 21.3 Å². The van der Waals surface area contributed by atoms with Gasteiger partial charge in [-0.05, 0) is 61.9 Å². The lowest BCUT2D eigenvalue weighted by atomic mass is 10.1. The zero-order chi connectivity index (χ0) is 23.0. The van der Waals surface area contributed by atoms with Gasteiger partial charge in [-0.3, -0.25) is 14.2 Å². The smallest absolute Gasteiger partial charge is 0.325 e. The molecule has 4 aromatic rings. The number of fused-ring (bicyclic) bond motifs is 1. The van der Waals surface area contributed by atoms with Crippen molar-refractivity contribution in [2.75, 3.05) is 11.6 Å². The molecule has 0 atom stereocenters. The topological polar surface area (TPSA) is 86.0 Å². The minimum Gasteiger partial charge on any atom is -0.325 e. The lowest BCUT2D eigenvalue weighted by Gasteiger charge is -2.13. The standard InChI is InChI=1S/C23H22N4O3S2/c1-13-9-14(2)11-16(10-13)24-18(28)12-26-20-19(32-22(25-20)31-4)21(29)27(23(26)30)17-8-6-5-7-15(17)3/h5-11H,12H2,1-4H3,(H,24,28). The number of hydrogen-bond donors (Lipinski definition) is 1. The Morgan fingerprint density at radius 3 is 2.44 bits per heavy atom. The highest BCUT2D eigenvalue weighted by atomic mass is 32.2. The van der Waals surface area contributed by atoms with Crippen molar-refractivity contribution in [3.05, 3.63) is 80.0 Å². The zero-order valence-electron chi connectivity index (χ0n) is 18.1. The van der Waals surface area contributed by atoms with Gasteiger partial charge in [0.15, 0.2) is 9.99 Å². The average Bonchev–Trinajstić information content (AvgIpc) is 3.16. The molecule has 7 nitrogen and oxygen atoms in total. The van der Waals surface area contributed by atoms with Crippen LogP contribution in [0.2, 0.25) is 0 Å². The Morgan fingerprint density at radius 2 is 1.78 bits per heavy atom. The van der Waals surface area contributed by atoms with Crippen molar-refractivity contribution in [2.24, 2.45) is 0 Å². The number of carbonyl (C=O) groups excluding carboxylic acids is 1. The molecule has 9 heteroatoms. The highest BCUT2D eigenvalue weighted by Gasteiger charge is 2.21. The van der Waals surface area contributed by atoms with Gasteiger partial charge in [0.25, 0.3) is 5.56 Å². The first-order valence-electron chi connectivity index (χ1n) is 9.93. The quantitative estimate of drug-likeness (QED) is 0.451. The molecule has 0 saturated heterocycles. The van der Waals surface area contributed by atoms with E-state index in [1.165, 1.54) is 27.7 Å². The number of hydrogen-bond acceptors (Lipinski definition) is 6. The second-order valence-corrected chi connectivity index (χ2v) is 9.61. The summed E-state index contributed by atoms with van der Waals surface area (Å²) in [6, 6.07) is 12.9. The van der Waals surface area contributed by atoms with Crippen molar-refractivity contribution in [3.8, 4) is 5.69 Å². The van der Waals surface area contributed by atoms with Gasteiger partial charge in [0, 0.05) is 5.69 Å². The predicted octanol–water partition coefficient (Wildman–Crippen LogP) is 3.89. The Labute approximate surface area is 192 Å². The number of aryl methyl sites for hydroxylation is 3. The van der Waals surface area contributed by atoms with Crippen LogP contribution in [0.25, 0.3) is 16.0 Å². The van der Waals surface area contributed by atoms with Crippen LogP contribution in [0.1, 0.15) is 16.7 Å². The number of aromatic nitrogens is 3. The van der Waals surface area contributed by atoms with Crippen LogP contribution in [0.3, 0.4) is 0 Å². The number of thiazole rings is 1. The minimum atomic E-state index is -0.592. The SMILES string of the molecule is CSc1nc2c(s1)c(=O)n(-c1ccccc1C)c(=O)n2CC(=O)Nc1cc(C)cc(C)c1. The monoisotopic (exact) mass is 466 g/mol. The number of nitrogens with one attached hydrogen (secondary N) is 1. The van der Waals surface area contributed by atoms with Crippen LogP contribution >= 0.6 is 23.1 Å². The van der Waals surface area contributed by atoms with Gasteiger partial charge in [-0.1, -0.05) is 36.0 Å². The zero-order valence-corrected chi connectivity index (χ0v) is 19.8. The maximum absolute atomic E-state index is 13.5. The van der Waals surface area contributed by atoms with Crippen LogP contribution in [-0.4, -0.2) is 26.3 Å². The van der Waals surface area contributed by atoms with E-state index in [-0.39, 0.29) is 18.1 Å². The van der Waals surface area contributed by atoms with E-state index in [9.17, 15) is 14.4 Å². The summed E-state index contributed by atoms with van der Waals surface area (Å²) in [5.41, 5.74) is 3.20. The third kappa shape index (κ3) is 4.13. The van der Waals surface area contributed by atoms with Crippen LogP contribution < -0.4 is 16.6 Å². The van der Waals surface area contributed by atoms with Crippen molar-refractivity contribution >= 4 is 45.0 Å². The summed E-state index contributed by atoms with van der Waals surface area (Å²) in [4.78, 5) is 44.0. The average molecular weight is 467 g/mol. The molecule has 2 aromatic heterocycles. The van der Waals surface area contributed by atoms with Gasteiger partial charge in [-0.15, -0.1) is 11.3 Å². The largest absolute Gasteiger partial charge is 0.337 e. The first kappa shape index (κ1) is 22.0. The fourth-order valence-corrected chi connectivity index (χ4v) is 5.16. The molecule has 164 valence electrons. The number of rotatable bonds is 5. The Morgan fingerprint density at radius 1 is 1.09 bits per heavy atom. The van der Waals surface area contributed by atoms with E-state index in [2.05, 4.69) is 10.3 Å². The van der Waals surface area contributed by atoms with Crippen molar-refractivity contribution < 1.29 is 4.79 Å². The molecule has 0 aliphatic carbocycles. The Bertz CT molecular complexity index is 1450. The molecule has 0 spiro atoms. The molecule has 0 unspecified atom stereocenters. The summed E-state index contributed by atoms with van der Waals surface area (Å²) in [5, 5.41) is 2.85. The highest BCUT2D eigenvalue weighted by Crippen LogP contribution is 2.25. The minimum absolute atomic E-state index is 0.231. The fraction of sp³-hybridized carbons (Fsp3) is 0.217. The molecule has 2 heterocycles. The van der Waals surface area contributed by atoms with Crippen LogP contribution in [0.4, 0.5) is 5.69 Å². The number of carbonyl (C=O) groups is 1. The van der Waals surface area contributed by atoms with E-state index in [0.29, 0.717) is 20.4 Å². The van der Waals surface area contributed by atoms with E-state index in [4.69, 9.17) is 0 Å². The maximum atomic E-state index is 13.5. The van der Waals surface area contributed by atoms with Gasteiger partial charge in [-0.25, -0.2) is 14.3 Å². The van der Waals surface area contributed by atoms with Crippen molar-refractivity contribution in [1.29, 1.82) is 0 Å². The Hall–Kier alpha value is -3.17. The Kier molecular flexibility index (Phi) is 6.03.